The molecular formula is C17H24N2O2. The topological polar surface area (TPSA) is 49.4 Å². The first-order valence-electron chi connectivity index (χ1n) is 7.66. The Balaban J connectivity index is 2.20. The molecule has 1 aliphatic rings. The molecule has 0 radical (unpaired) electrons. The highest BCUT2D eigenvalue weighted by atomic mass is 16.2. The fourth-order valence-corrected chi connectivity index (χ4v) is 2.75. The normalized spacial score (nSPS) is 22.6. The predicted molar refractivity (Wildman–Crippen MR) is 82.6 cm³/mol. The van der Waals surface area contributed by atoms with Gasteiger partial charge in [-0.3, -0.25) is 9.59 Å². The minimum atomic E-state index is -0.498. The molecule has 4 heteroatoms. The smallest absolute Gasteiger partial charge is 0.248 e. The quantitative estimate of drug-likeness (QED) is 0.905. The molecule has 2 unspecified atom stereocenters. The maximum atomic E-state index is 12.4. The highest BCUT2D eigenvalue weighted by Gasteiger charge is 2.38. The van der Waals surface area contributed by atoms with E-state index in [-0.39, 0.29) is 11.8 Å². The van der Waals surface area contributed by atoms with E-state index in [4.69, 9.17) is 0 Å². The number of benzene rings is 1. The highest BCUT2D eigenvalue weighted by molar-refractivity contribution is 5.97. The minimum absolute atomic E-state index is 0.00668. The molecule has 4 nitrogen and oxygen atoms in total. The zero-order valence-corrected chi connectivity index (χ0v) is 13.0. The number of rotatable bonds is 5. The third-order valence-corrected chi connectivity index (χ3v) is 3.87. The maximum absolute atomic E-state index is 12.4. The van der Waals surface area contributed by atoms with E-state index in [2.05, 4.69) is 19.2 Å². The largest absolute Gasteiger partial charge is 0.342 e. The summed E-state index contributed by atoms with van der Waals surface area (Å²) in [6.07, 6.45) is 1.98. The average molecular weight is 288 g/mol. The molecule has 0 spiro atoms. The van der Waals surface area contributed by atoms with E-state index >= 15 is 0 Å². The number of carbonyl (C=O) groups excluding carboxylic acids is 2. The van der Waals surface area contributed by atoms with Crippen LogP contribution in [0, 0.1) is 5.92 Å². The van der Waals surface area contributed by atoms with Crippen LogP contribution in [0.1, 0.15) is 45.2 Å². The molecule has 2 atom stereocenters. The summed E-state index contributed by atoms with van der Waals surface area (Å²) in [6, 6.07) is 8.59. The molecule has 114 valence electrons. The Morgan fingerprint density at radius 2 is 1.86 bits per heavy atom. The fourth-order valence-electron chi connectivity index (χ4n) is 2.75. The van der Waals surface area contributed by atoms with Gasteiger partial charge in [0, 0.05) is 6.54 Å². The van der Waals surface area contributed by atoms with E-state index in [1.807, 2.05) is 30.3 Å². The Hall–Kier alpha value is -1.84. The van der Waals surface area contributed by atoms with Crippen LogP contribution in [0.4, 0.5) is 0 Å². The van der Waals surface area contributed by atoms with Crippen molar-refractivity contribution in [3.8, 4) is 0 Å². The summed E-state index contributed by atoms with van der Waals surface area (Å²) in [6.45, 7) is 6.72. The van der Waals surface area contributed by atoms with Crippen LogP contribution in [0.5, 0.6) is 0 Å². The van der Waals surface area contributed by atoms with Crippen LogP contribution in [0.3, 0.4) is 0 Å². The van der Waals surface area contributed by atoms with Gasteiger partial charge in [-0.2, -0.15) is 0 Å². The molecule has 1 aliphatic heterocycles. The van der Waals surface area contributed by atoms with Gasteiger partial charge in [-0.15, -0.1) is 0 Å². The predicted octanol–water partition coefficient (Wildman–Crippen LogP) is 2.51. The zero-order chi connectivity index (χ0) is 15.4. The summed E-state index contributed by atoms with van der Waals surface area (Å²) >= 11 is 0. The molecule has 21 heavy (non-hydrogen) atoms. The van der Waals surface area contributed by atoms with Crippen molar-refractivity contribution in [1.29, 1.82) is 0 Å². The summed E-state index contributed by atoms with van der Waals surface area (Å²) in [7, 11) is 0. The Morgan fingerprint density at radius 1 is 1.19 bits per heavy atom. The SMILES string of the molecule is CC(C)CCCN1C(=O)C(C)NC(=O)C1c1ccccc1. The standard InChI is InChI=1S/C17H24N2O2/c1-12(2)8-7-11-19-15(14-9-5-4-6-10-14)16(20)18-13(3)17(19)21/h4-6,9-10,12-13,15H,7-8,11H2,1-3H3,(H,18,20). The second-order valence-electron chi connectivity index (χ2n) is 6.11. The van der Waals surface area contributed by atoms with Crippen LogP contribution in [0.2, 0.25) is 0 Å². The number of amides is 2. The van der Waals surface area contributed by atoms with Gasteiger partial charge in [0.2, 0.25) is 11.8 Å². The second-order valence-corrected chi connectivity index (χ2v) is 6.11. The zero-order valence-electron chi connectivity index (χ0n) is 13.0. The van der Waals surface area contributed by atoms with Gasteiger partial charge in [0.15, 0.2) is 0 Å². The van der Waals surface area contributed by atoms with E-state index in [0.717, 1.165) is 18.4 Å². The molecule has 0 bridgehead atoms. The van der Waals surface area contributed by atoms with Crippen LogP contribution >= 0.6 is 0 Å². The Kier molecular flexibility index (Phi) is 4.99. The Morgan fingerprint density at radius 3 is 2.48 bits per heavy atom. The first-order chi connectivity index (χ1) is 10.0. The molecular weight excluding hydrogens is 264 g/mol. The van der Waals surface area contributed by atoms with Gasteiger partial charge in [-0.1, -0.05) is 44.2 Å². The van der Waals surface area contributed by atoms with Crippen LogP contribution in [-0.2, 0) is 9.59 Å². The van der Waals surface area contributed by atoms with Gasteiger partial charge in [-0.25, -0.2) is 0 Å². The molecule has 1 fully saturated rings. The molecule has 1 aromatic carbocycles. The van der Waals surface area contributed by atoms with Crippen molar-refractivity contribution >= 4 is 11.8 Å². The summed E-state index contributed by atoms with van der Waals surface area (Å²) in [5, 5.41) is 2.78. The van der Waals surface area contributed by atoms with Crippen LogP contribution in [-0.4, -0.2) is 29.3 Å². The lowest BCUT2D eigenvalue weighted by Crippen LogP contribution is -2.58. The number of nitrogens with one attached hydrogen (secondary N) is 1. The number of hydrogen-bond acceptors (Lipinski definition) is 2. The molecule has 1 N–H and O–H groups in total. The average Bonchev–Trinajstić information content (AvgIpc) is 2.44. The van der Waals surface area contributed by atoms with E-state index in [1.54, 1.807) is 11.8 Å². The van der Waals surface area contributed by atoms with Gasteiger partial charge in [0.1, 0.15) is 12.1 Å². The van der Waals surface area contributed by atoms with E-state index in [0.29, 0.717) is 12.5 Å². The molecule has 2 rings (SSSR count). The third-order valence-electron chi connectivity index (χ3n) is 3.87. The van der Waals surface area contributed by atoms with Gasteiger partial charge >= 0.3 is 0 Å². The summed E-state index contributed by atoms with van der Waals surface area (Å²) in [5.41, 5.74) is 0.875. The molecule has 0 aromatic heterocycles. The first-order valence-corrected chi connectivity index (χ1v) is 7.66. The van der Waals surface area contributed by atoms with Crippen LogP contribution in [0.15, 0.2) is 30.3 Å². The van der Waals surface area contributed by atoms with Gasteiger partial charge < -0.3 is 10.2 Å². The Labute approximate surface area is 126 Å². The molecule has 0 aliphatic carbocycles. The second kappa shape index (κ2) is 6.74. The van der Waals surface area contributed by atoms with E-state index in [1.165, 1.54) is 0 Å². The molecule has 1 heterocycles. The van der Waals surface area contributed by atoms with Crippen molar-refractivity contribution < 1.29 is 9.59 Å². The van der Waals surface area contributed by atoms with Gasteiger partial charge in [0.25, 0.3) is 0 Å². The number of nitrogens with zero attached hydrogens (tertiary/aromatic N) is 1. The Bertz CT molecular complexity index is 499. The minimum Gasteiger partial charge on any atom is -0.342 e. The van der Waals surface area contributed by atoms with Crippen molar-refractivity contribution in [2.75, 3.05) is 6.54 Å². The van der Waals surface area contributed by atoms with Crippen molar-refractivity contribution in [2.24, 2.45) is 5.92 Å². The first kappa shape index (κ1) is 15.5. The van der Waals surface area contributed by atoms with Crippen molar-refractivity contribution in [2.45, 2.75) is 45.7 Å². The number of hydrogen-bond donors (Lipinski definition) is 1. The van der Waals surface area contributed by atoms with Crippen molar-refractivity contribution in [3.05, 3.63) is 35.9 Å². The summed E-state index contributed by atoms with van der Waals surface area (Å²) < 4.78 is 0. The molecule has 1 aromatic rings. The maximum Gasteiger partial charge on any atom is 0.248 e. The number of piperazine rings is 1. The van der Waals surface area contributed by atoms with Gasteiger partial charge in [-0.05, 0) is 31.2 Å². The van der Waals surface area contributed by atoms with Crippen LogP contribution in [0.25, 0.3) is 0 Å². The lowest BCUT2D eigenvalue weighted by molar-refractivity contribution is -0.149. The fraction of sp³-hybridized carbons (Fsp3) is 0.529. The van der Waals surface area contributed by atoms with E-state index in [9.17, 15) is 9.59 Å². The highest BCUT2D eigenvalue weighted by Crippen LogP contribution is 2.26. The van der Waals surface area contributed by atoms with Crippen molar-refractivity contribution in [1.82, 2.24) is 10.2 Å². The monoisotopic (exact) mass is 288 g/mol. The lowest BCUT2D eigenvalue weighted by Gasteiger charge is -2.38. The molecule has 0 saturated carbocycles. The number of carbonyl (C=O) groups is 2. The summed E-state index contributed by atoms with van der Waals surface area (Å²) in [5.74, 6) is 0.524. The van der Waals surface area contributed by atoms with Gasteiger partial charge in [0.05, 0.1) is 0 Å². The van der Waals surface area contributed by atoms with E-state index < -0.39 is 12.1 Å². The van der Waals surface area contributed by atoms with Crippen LogP contribution < -0.4 is 5.32 Å². The molecule has 1 saturated heterocycles. The lowest BCUT2D eigenvalue weighted by atomic mass is 9.99. The third kappa shape index (κ3) is 3.63. The molecule has 2 amide bonds. The summed E-state index contributed by atoms with van der Waals surface area (Å²) in [4.78, 5) is 26.5. The van der Waals surface area contributed by atoms with Crippen molar-refractivity contribution in [3.63, 3.8) is 0 Å².